The average Bonchev–Trinajstić information content (AvgIpc) is 2.46. The summed E-state index contributed by atoms with van der Waals surface area (Å²) >= 11 is 6.06. The van der Waals surface area contributed by atoms with Crippen molar-refractivity contribution in [1.82, 2.24) is 4.31 Å². The first-order valence-corrected chi connectivity index (χ1v) is 9.19. The maximum absolute atomic E-state index is 12.7. The van der Waals surface area contributed by atoms with Crippen LogP contribution in [0, 0.1) is 5.92 Å². The summed E-state index contributed by atoms with van der Waals surface area (Å²) in [5.41, 5.74) is 0. The molecule has 6 heteroatoms. The summed E-state index contributed by atoms with van der Waals surface area (Å²) in [5, 5.41) is 0.439. The van der Waals surface area contributed by atoms with Crippen molar-refractivity contribution in [3.63, 3.8) is 0 Å². The molecular formula is C15H22ClNO3S. The van der Waals surface area contributed by atoms with Crippen LogP contribution in [0.25, 0.3) is 0 Å². The Morgan fingerprint density at radius 3 is 2.86 bits per heavy atom. The third-order valence-electron chi connectivity index (χ3n) is 3.62. The van der Waals surface area contributed by atoms with Crippen molar-refractivity contribution in [2.24, 2.45) is 5.92 Å². The zero-order valence-electron chi connectivity index (χ0n) is 12.5. The van der Waals surface area contributed by atoms with Gasteiger partial charge in [0, 0.05) is 19.2 Å². The highest BCUT2D eigenvalue weighted by Crippen LogP contribution is 2.30. The van der Waals surface area contributed by atoms with Crippen LogP contribution in [-0.4, -0.2) is 32.4 Å². The Kier molecular flexibility index (Phi) is 5.52. The molecule has 4 nitrogen and oxygen atoms in total. The smallest absolute Gasteiger partial charge is 0.243 e. The fraction of sp³-hybridized carbons (Fsp3) is 0.600. The van der Waals surface area contributed by atoms with E-state index in [0.29, 0.717) is 36.4 Å². The predicted molar refractivity (Wildman–Crippen MR) is 84.4 cm³/mol. The number of benzene rings is 1. The molecule has 0 N–H and O–H groups in total. The Morgan fingerprint density at radius 2 is 2.19 bits per heavy atom. The highest BCUT2D eigenvalue weighted by atomic mass is 35.5. The molecule has 1 aromatic rings. The molecule has 0 aliphatic carbocycles. The number of piperidine rings is 1. The summed E-state index contributed by atoms with van der Waals surface area (Å²) in [6.07, 6.45) is 2.83. The van der Waals surface area contributed by atoms with Crippen LogP contribution in [0.1, 0.15) is 33.1 Å². The van der Waals surface area contributed by atoms with Gasteiger partial charge >= 0.3 is 0 Å². The number of ether oxygens (including phenoxy) is 1. The van der Waals surface area contributed by atoms with Gasteiger partial charge in [-0.3, -0.25) is 0 Å². The van der Waals surface area contributed by atoms with Crippen molar-refractivity contribution in [2.75, 3.05) is 19.7 Å². The average molecular weight is 332 g/mol. The summed E-state index contributed by atoms with van der Waals surface area (Å²) in [4.78, 5) is 0.257. The van der Waals surface area contributed by atoms with Gasteiger partial charge in [-0.25, -0.2) is 8.42 Å². The summed E-state index contributed by atoms with van der Waals surface area (Å²) in [5.74, 6) is 0.835. The molecule has 0 spiro atoms. The lowest BCUT2D eigenvalue weighted by molar-refractivity contribution is 0.281. The van der Waals surface area contributed by atoms with E-state index in [-0.39, 0.29) is 4.90 Å². The molecule has 0 bridgehead atoms. The minimum absolute atomic E-state index is 0.257. The van der Waals surface area contributed by atoms with Gasteiger partial charge in [-0.15, -0.1) is 0 Å². The van der Waals surface area contributed by atoms with E-state index in [1.807, 2.05) is 6.92 Å². The fourth-order valence-electron chi connectivity index (χ4n) is 2.48. The van der Waals surface area contributed by atoms with Crippen LogP contribution >= 0.6 is 11.6 Å². The first-order chi connectivity index (χ1) is 9.95. The molecule has 0 aromatic heterocycles. The van der Waals surface area contributed by atoms with Crippen LogP contribution in [-0.2, 0) is 10.0 Å². The Labute approximate surface area is 132 Å². The van der Waals surface area contributed by atoms with Crippen molar-refractivity contribution >= 4 is 21.6 Å². The second-order valence-electron chi connectivity index (χ2n) is 5.55. The van der Waals surface area contributed by atoms with Crippen molar-refractivity contribution in [1.29, 1.82) is 0 Å². The van der Waals surface area contributed by atoms with Gasteiger partial charge in [0.2, 0.25) is 10.0 Å². The van der Waals surface area contributed by atoms with Gasteiger partial charge in [-0.2, -0.15) is 4.31 Å². The summed E-state index contributed by atoms with van der Waals surface area (Å²) < 4.78 is 32.5. The van der Waals surface area contributed by atoms with E-state index >= 15 is 0 Å². The number of nitrogens with zero attached hydrogens (tertiary/aromatic N) is 1. The second kappa shape index (κ2) is 6.99. The second-order valence-corrected chi connectivity index (χ2v) is 7.90. The van der Waals surface area contributed by atoms with Gasteiger partial charge in [-0.05, 0) is 37.3 Å². The Bertz CT molecular complexity index is 589. The monoisotopic (exact) mass is 331 g/mol. The van der Waals surface area contributed by atoms with Gasteiger partial charge in [0.05, 0.1) is 16.5 Å². The van der Waals surface area contributed by atoms with Gasteiger partial charge in [-0.1, -0.05) is 25.4 Å². The third-order valence-corrected chi connectivity index (χ3v) is 5.80. The highest BCUT2D eigenvalue weighted by Gasteiger charge is 2.29. The molecule has 21 heavy (non-hydrogen) atoms. The Balaban J connectivity index is 2.27. The van der Waals surface area contributed by atoms with Crippen molar-refractivity contribution < 1.29 is 13.2 Å². The van der Waals surface area contributed by atoms with E-state index in [1.54, 1.807) is 16.4 Å². The Morgan fingerprint density at radius 1 is 1.43 bits per heavy atom. The summed E-state index contributed by atoms with van der Waals surface area (Å²) in [6.45, 7) is 5.75. The number of hydrogen-bond acceptors (Lipinski definition) is 3. The van der Waals surface area contributed by atoms with E-state index in [2.05, 4.69) is 6.92 Å². The number of rotatable bonds is 5. The van der Waals surface area contributed by atoms with Gasteiger partial charge < -0.3 is 4.74 Å². The van der Waals surface area contributed by atoms with Gasteiger partial charge in [0.1, 0.15) is 5.75 Å². The molecule has 1 aliphatic rings. The van der Waals surface area contributed by atoms with Crippen LogP contribution in [0.15, 0.2) is 23.1 Å². The lowest BCUT2D eigenvalue weighted by Crippen LogP contribution is -2.39. The van der Waals surface area contributed by atoms with Crippen LogP contribution in [0.2, 0.25) is 5.02 Å². The topological polar surface area (TPSA) is 46.6 Å². The van der Waals surface area contributed by atoms with E-state index in [0.717, 1.165) is 19.3 Å². The maximum atomic E-state index is 12.7. The van der Waals surface area contributed by atoms with Crippen LogP contribution in [0.4, 0.5) is 0 Å². The first kappa shape index (κ1) is 16.6. The molecule has 118 valence electrons. The quantitative estimate of drug-likeness (QED) is 0.829. The molecule has 0 radical (unpaired) electrons. The number of sulfonamides is 1. The maximum Gasteiger partial charge on any atom is 0.243 e. The first-order valence-electron chi connectivity index (χ1n) is 7.37. The fourth-order valence-corrected chi connectivity index (χ4v) is 4.27. The molecule has 2 rings (SSSR count). The van der Waals surface area contributed by atoms with Crippen LogP contribution < -0.4 is 4.74 Å². The van der Waals surface area contributed by atoms with Crippen molar-refractivity contribution in [3.8, 4) is 5.75 Å². The van der Waals surface area contributed by atoms with E-state index in [1.165, 1.54) is 6.07 Å². The largest absolute Gasteiger partial charge is 0.492 e. The van der Waals surface area contributed by atoms with E-state index < -0.39 is 10.0 Å². The standard InChI is InChI=1S/C15H22ClNO3S/c1-3-9-20-15-10-13(6-7-14(15)16)21(18,19)17-8-4-5-12(2)11-17/h6-7,10,12H,3-5,8-9,11H2,1-2H3/t12-/m1/s1. The minimum atomic E-state index is -3.46. The molecule has 0 unspecified atom stereocenters. The molecule has 0 saturated carbocycles. The molecule has 1 aromatic carbocycles. The zero-order valence-corrected chi connectivity index (χ0v) is 14.1. The molecule has 1 heterocycles. The zero-order chi connectivity index (χ0) is 15.5. The molecule has 1 fully saturated rings. The van der Waals surface area contributed by atoms with Crippen LogP contribution in [0.5, 0.6) is 5.75 Å². The lowest BCUT2D eigenvalue weighted by atomic mass is 10.0. The van der Waals surface area contributed by atoms with Gasteiger partial charge in [0.25, 0.3) is 0 Å². The van der Waals surface area contributed by atoms with E-state index in [4.69, 9.17) is 16.3 Å². The third kappa shape index (κ3) is 3.90. The van der Waals surface area contributed by atoms with E-state index in [9.17, 15) is 8.42 Å². The van der Waals surface area contributed by atoms with Crippen molar-refractivity contribution in [3.05, 3.63) is 23.2 Å². The lowest BCUT2D eigenvalue weighted by Gasteiger charge is -2.30. The van der Waals surface area contributed by atoms with Gasteiger partial charge in [0.15, 0.2) is 0 Å². The van der Waals surface area contributed by atoms with Crippen molar-refractivity contribution in [2.45, 2.75) is 38.0 Å². The summed E-state index contributed by atoms with van der Waals surface area (Å²) in [6, 6.07) is 4.68. The normalized spacial score (nSPS) is 20.4. The minimum Gasteiger partial charge on any atom is -0.492 e. The highest BCUT2D eigenvalue weighted by molar-refractivity contribution is 7.89. The molecule has 0 amide bonds. The number of hydrogen-bond donors (Lipinski definition) is 0. The predicted octanol–water partition coefficient (Wildman–Crippen LogP) is 3.55. The molecular weight excluding hydrogens is 310 g/mol. The van der Waals surface area contributed by atoms with Crippen LogP contribution in [0.3, 0.4) is 0 Å². The SMILES string of the molecule is CCCOc1cc(S(=O)(=O)N2CCC[C@@H](C)C2)ccc1Cl. The molecule has 1 saturated heterocycles. The number of halogens is 1. The Hall–Kier alpha value is -0.780. The molecule has 1 atom stereocenters. The molecule has 1 aliphatic heterocycles. The summed E-state index contributed by atoms with van der Waals surface area (Å²) in [7, 11) is -3.46.